The van der Waals surface area contributed by atoms with Crippen molar-refractivity contribution in [3.63, 3.8) is 0 Å². The highest BCUT2D eigenvalue weighted by Crippen LogP contribution is 2.31. The van der Waals surface area contributed by atoms with Crippen molar-refractivity contribution in [2.45, 2.75) is 27.2 Å². The van der Waals surface area contributed by atoms with Crippen molar-refractivity contribution in [2.75, 3.05) is 10.6 Å². The number of hydrogen-bond acceptors (Lipinski definition) is 9. The summed E-state index contributed by atoms with van der Waals surface area (Å²) in [7, 11) is 0. The second-order valence-corrected chi connectivity index (χ2v) is 9.55. The zero-order valence-electron chi connectivity index (χ0n) is 21.5. The summed E-state index contributed by atoms with van der Waals surface area (Å²) in [6, 6.07) is 11.7. The number of nitrogens with zero attached hydrogens (tertiary/aromatic N) is 6. The molecule has 0 aliphatic rings. The number of aromatic amines is 2. The molecule has 1 aromatic carbocycles. The number of benzene rings is 1. The molecule has 6 aromatic heterocycles. The number of anilines is 4. The average molecular weight is 517 g/mol. The molecule has 0 saturated carbocycles. The minimum atomic E-state index is 0.481. The summed E-state index contributed by atoms with van der Waals surface area (Å²) < 4.78 is 5.48. The van der Waals surface area contributed by atoms with Crippen molar-refractivity contribution in [2.24, 2.45) is 0 Å². The quantitative estimate of drug-likeness (QED) is 0.216. The van der Waals surface area contributed by atoms with Gasteiger partial charge in [0.05, 0.1) is 50.8 Å². The first-order chi connectivity index (χ1) is 19.0. The van der Waals surface area contributed by atoms with Gasteiger partial charge in [-0.15, -0.1) is 0 Å². The van der Waals surface area contributed by atoms with E-state index in [4.69, 9.17) is 9.40 Å². The Kier molecular flexibility index (Phi) is 5.22. The van der Waals surface area contributed by atoms with E-state index < -0.39 is 0 Å². The van der Waals surface area contributed by atoms with Crippen molar-refractivity contribution in [1.29, 1.82) is 0 Å². The van der Waals surface area contributed by atoms with Gasteiger partial charge in [0.2, 0.25) is 0 Å². The number of pyridine rings is 3. The molecule has 39 heavy (non-hydrogen) atoms. The first-order valence-corrected chi connectivity index (χ1v) is 12.5. The fourth-order valence-electron chi connectivity index (χ4n) is 4.88. The van der Waals surface area contributed by atoms with E-state index in [0.29, 0.717) is 23.6 Å². The lowest BCUT2D eigenvalue weighted by molar-refractivity contribution is 0.602. The fourth-order valence-corrected chi connectivity index (χ4v) is 4.88. The van der Waals surface area contributed by atoms with Crippen LogP contribution in [-0.2, 0) is 6.42 Å². The Bertz CT molecular complexity index is 2000. The zero-order valence-corrected chi connectivity index (χ0v) is 21.5. The molecule has 0 fully saturated rings. The first kappa shape index (κ1) is 22.8. The number of nitrogens with one attached hydrogen (secondary N) is 4. The molecule has 0 radical (unpaired) electrons. The van der Waals surface area contributed by atoms with E-state index in [2.05, 4.69) is 46.0 Å². The molecule has 192 valence electrons. The van der Waals surface area contributed by atoms with Gasteiger partial charge < -0.3 is 15.1 Å². The zero-order chi connectivity index (χ0) is 26.5. The molecule has 11 nitrogen and oxygen atoms in total. The molecule has 0 spiro atoms. The second kappa shape index (κ2) is 8.91. The largest absolute Gasteiger partial charge is 0.443 e. The Balaban J connectivity index is 1.27. The highest BCUT2D eigenvalue weighted by atomic mass is 16.3. The van der Waals surface area contributed by atoms with Crippen molar-refractivity contribution in [3.8, 4) is 0 Å². The number of H-pyrrole nitrogens is 2. The van der Waals surface area contributed by atoms with Crippen LogP contribution in [0.1, 0.15) is 28.3 Å². The van der Waals surface area contributed by atoms with E-state index in [0.717, 1.165) is 67.0 Å². The monoisotopic (exact) mass is 516 g/mol. The van der Waals surface area contributed by atoms with Crippen LogP contribution in [0.4, 0.5) is 23.0 Å². The van der Waals surface area contributed by atoms with Gasteiger partial charge in [-0.1, -0.05) is 0 Å². The third kappa shape index (κ3) is 4.09. The molecule has 0 bridgehead atoms. The smallest absolute Gasteiger partial charge is 0.181 e. The van der Waals surface area contributed by atoms with Gasteiger partial charge in [-0.3, -0.25) is 15.2 Å². The van der Waals surface area contributed by atoms with Crippen LogP contribution in [-0.4, -0.2) is 40.3 Å². The van der Waals surface area contributed by atoms with Crippen LogP contribution in [0.15, 0.2) is 59.6 Å². The van der Waals surface area contributed by atoms with Gasteiger partial charge in [-0.2, -0.15) is 10.2 Å². The first-order valence-electron chi connectivity index (χ1n) is 12.5. The molecule has 0 amide bonds. The van der Waals surface area contributed by atoms with Crippen LogP contribution in [0.3, 0.4) is 0 Å². The molecule has 0 saturated heterocycles. The Hall–Kier alpha value is -5.32. The Labute approximate surface area is 222 Å². The lowest BCUT2D eigenvalue weighted by Crippen LogP contribution is -2.02. The van der Waals surface area contributed by atoms with Crippen LogP contribution in [0.5, 0.6) is 0 Å². The molecule has 0 atom stereocenters. The number of aromatic nitrogens is 8. The fraction of sp³-hybridized carbons (Fsp3) is 0.143. The predicted molar refractivity (Wildman–Crippen MR) is 150 cm³/mol. The van der Waals surface area contributed by atoms with Crippen molar-refractivity contribution in [3.05, 3.63) is 83.5 Å². The molecule has 7 aromatic rings. The van der Waals surface area contributed by atoms with E-state index in [-0.39, 0.29) is 0 Å². The summed E-state index contributed by atoms with van der Waals surface area (Å²) in [5, 5.41) is 24.1. The van der Waals surface area contributed by atoms with Gasteiger partial charge in [-0.05, 0) is 56.7 Å². The second-order valence-electron chi connectivity index (χ2n) is 9.55. The van der Waals surface area contributed by atoms with Crippen molar-refractivity contribution in [1.82, 2.24) is 40.3 Å². The van der Waals surface area contributed by atoms with E-state index in [1.165, 1.54) is 6.39 Å². The standard InChI is InChI=1S/C28H24N10O/c1-14-8-15(2)30-12-23(14)34-27-26-20(6-7-29-27)36-38-22(26)10-18-9-21-25(16(3)35-37-21)28(33-18)32-17-4-5-19-24(11-17)39-13-31-19/h4-9,11-13H,10H2,1-3H3,(H,29,34)(H,32,33)(H,35,37)(H,36,38). The molecule has 6 heterocycles. The third-order valence-electron chi connectivity index (χ3n) is 6.77. The maximum atomic E-state index is 5.48. The van der Waals surface area contributed by atoms with Gasteiger partial charge in [0, 0.05) is 30.1 Å². The minimum Gasteiger partial charge on any atom is -0.443 e. The van der Waals surface area contributed by atoms with Crippen molar-refractivity contribution >= 4 is 55.9 Å². The van der Waals surface area contributed by atoms with E-state index in [9.17, 15) is 0 Å². The Morgan fingerprint density at radius 2 is 1.74 bits per heavy atom. The Morgan fingerprint density at radius 3 is 2.64 bits per heavy atom. The van der Waals surface area contributed by atoms with E-state index in [1.54, 1.807) is 6.20 Å². The summed E-state index contributed by atoms with van der Waals surface area (Å²) in [6.45, 7) is 5.98. The lowest BCUT2D eigenvalue weighted by Gasteiger charge is -2.11. The van der Waals surface area contributed by atoms with Crippen LogP contribution >= 0.6 is 0 Å². The minimum absolute atomic E-state index is 0.481. The van der Waals surface area contributed by atoms with Gasteiger partial charge in [0.15, 0.2) is 12.0 Å². The van der Waals surface area contributed by atoms with Crippen LogP contribution < -0.4 is 10.6 Å². The van der Waals surface area contributed by atoms with Crippen LogP contribution in [0.25, 0.3) is 32.9 Å². The van der Waals surface area contributed by atoms with Gasteiger partial charge in [0.1, 0.15) is 17.2 Å². The summed E-state index contributed by atoms with van der Waals surface area (Å²) in [6.07, 6.45) is 5.51. The molecular formula is C28H24N10O. The summed E-state index contributed by atoms with van der Waals surface area (Å²) in [5.74, 6) is 1.41. The van der Waals surface area contributed by atoms with Gasteiger partial charge in [-0.25, -0.2) is 15.0 Å². The predicted octanol–water partition coefficient (Wildman–Crippen LogP) is 5.77. The summed E-state index contributed by atoms with van der Waals surface area (Å²) in [4.78, 5) is 18.2. The van der Waals surface area contributed by atoms with E-state index in [1.807, 2.05) is 63.4 Å². The SMILES string of the molecule is Cc1cc(C)c(Nc2nccc3[nH]nc(Cc4cc5[nH]nc(C)c5c(Nc5ccc6ncoc6c5)n4)c23)cn1. The molecule has 4 N–H and O–H groups in total. The normalized spacial score (nSPS) is 11.6. The van der Waals surface area contributed by atoms with Crippen LogP contribution in [0.2, 0.25) is 0 Å². The summed E-state index contributed by atoms with van der Waals surface area (Å²) in [5.41, 5.74) is 9.58. The number of rotatable bonds is 6. The van der Waals surface area contributed by atoms with Gasteiger partial charge >= 0.3 is 0 Å². The maximum Gasteiger partial charge on any atom is 0.181 e. The molecule has 0 aliphatic heterocycles. The highest BCUT2D eigenvalue weighted by Gasteiger charge is 2.17. The third-order valence-corrected chi connectivity index (χ3v) is 6.77. The highest BCUT2D eigenvalue weighted by molar-refractivity contribution is 5.95. The Morgan fingerprint density at radius 1 is 0.846 bits per heavy atom. The summed E-state index contributed by atoms with van der Waals surface area (Å²) >= 11 is 0. The molecule has 11 heteroatoms. The molecular weight excluding hydrogens is 492 g/mol. The topological polar surface area (TPSA) is 146 Å². The number of aryl methyl sites for hydroxylation is 3. The molecule has 7 rings (SSSR count). The number of fused-ring (bicyclic) bond motifs is 3. The maximum absolute atomic E-state index is 5.48. The van der Waals surface area contributed by atoms with Gasteiger partial charge in [0.25, 0.3) is 0 Å². The number of hydrogen-bond donors (Lipinski definition) is 4. The average Bonchev–Trinajstić information content (AvgIpc) is 3.65. The van der Waals surface area contributed by atoms with Crippen LogP contribution in [0, 0.1) is 20.8 Å². The van der Waals surface area contributed by atoms with Crippen molar-refractivity contribution < 1.29 is 4.42 Å². The molecule has 0 unspecified atom stereocenters. The van der Waals surface area contributed by atoms with E-state index >= 15 is 0 Å². The lowest BCUT2D eigenvalue weighted by atomic mass is 10.1. The number of oxazole rings is 1. The molecule has 0 aliphatic carbocycles.